The van der Waals surface area contributed by atoms with E-state index in [1.54, 1.807) is 7.11 Å². The molecule has 1 heterocycles. The summed E-state index contributed by atoms with van der Waals surface area (Å²) >= 11 is 0. The fraction of sp³-hybridized carbons (Fsp3) is 0.143. The zero-order valence-corrected chi connectivity index (χ0v) is 11.3. The second kappa shape index (κ2) is 7.38. The molecular formula is C14H15ClN2O2. The lowest BCUT2D eigenvalue weighted by Gasteiger charge is -2.02. The van der Waals surface area contributed by atoms with Crippen molar-refractivity contribution < 1.29 is 26.9 Å². The average molecular weight is 279 g/mol. The van der Waals surface area contributed by atoms with E-state index in [4.69, 9.17) is 9.94 Å². The van der Waals surface area contributed by atoms with Gasteiger partial charge < -0.3 is 22.4 Å². The van der Waals surface area contributed by atoms with Gasteiger partial charge in [0.2, 0.25) is 5.69 Å². The summed E-state index contributed by atoms with van der Waals surface area (Å²) in [5.41, 5.74) is 2.00. The van der Waals surface area contributed by atoms with Crippen LogP contribution in [0.2, 0.25) is 0 Å². The molecule has 4 nitrogen and oxygen atoms in total. The maximum atomic E-state index is 8.62. The van der Waals surface area contributed by atoms with Gasteiger partial charge in [0.1, 0.15) is 12.0 Å². The maximum absolute atomic E-state index is 8.62. The monoisotopic (exact) mass is 278 g/mol. The molecule has 1 N–H and O–H groups in total. The van der Waals surface area contributed by atoms with E-state index in [1.807, 2.05) is 53.2 Å². The molecule has 0 spiro atoms. The van der Waals surface area contributed by atoms with Crippen molar-refractivity contribution in [3.63, 3.8) is 0 Å². The molecular weight excluding hydrogens is 264 g/mol. The van der Waals surface area contributed by atoms with Crippen LogP contribution in [0.5, 0.6) is 5.75 Å². The second-order valence-electron chi connectivity index (χ2n) is 3.85. The first-order valence-corrected chi connectivity index (χ1v) is 5.62. The van der Waals surface area contributed by atoms with Crippen LogP contribution in [0, 0.1) is 0 Å². The number of benzene rings is 1. The van der Waals surface area contributed by atoms with Crippen LogP contribution in [0.25, 0.3) is 0 Å². The minimum atomic E-state index is 0. The van der Waals surface area contributed by atoms with Crippen LogP contribution >= 0.6 is 0 Å². The Morgan fingerprint density at radius 3 is 2.58 bits per heavy atom. The summed E-state index contributed by atoms with van der Waals surface area (Å²) in [5, 5.41) is 11.7. The summed E-state index contributed by atoms with van der Waals surface area (Å²) in [6.07, 6.45) is 3.37. The van der Waals surface area contributed by atoms with Gasteiger partial charge in [-0.1, -0.05) is 5.16 Å². The molecule has 0 atom stereocenters. The first kappa shape index (κ1) is 15.0. The SMILES string of the molecule is COc1ccc(C[n+]2ccccc2/C=N/O)cc1.[Cl-]. The van der Waals surface area contributed by atoms with Crippen LogP contribution in [0.1, 0.15) is 11.3 Å². The van der Waals surface area contributed by atoms with Gasteiger partial charge in [0.05, 0.1) is 7.11 Å². The molecule has 0 saturated carbocycles. The van der Waals surface area contributed by atoms with E-state index in [1.165, 1.54) is 6.21 Å². The number of hydrogen-bond acceptors (Lipinski definition) is 3. The van der Waals surface area contributed by atoms with Crippen LogP contribution in [0.3, 0.4) is 0 Å². The third-order valence-electron chi connectivity index (χ3n) is 2.68. The lowest BCUT2D eigenvalue weighted by atomic mass is 10.2. The lowest BCUT2D eigenvalue weighted by molar-refractivity contribution is -0.689. The Morgan fingerprint density at radius 2 is 1.95 bits per heavy atom. The Hall–Kier alpha value is -2.07. The first-order valence-electron chi connectivity index (χ1n) is 5.62. The molecule has 5 heteroatoms. The van der Waals surface area contributed by atoms with E-state index in [2.05, 4.69) is 5.16 Å². The molecule has 0 aliphatic carbocycles. The number of aromatic nitrogens is 1. The van der Waals surface area contributed by atoms with Gasteiger partial charge in [0.25, 0.3) is 0 Å². The molecule has 2 aromatic rings. The van der Waals surface area contributed by atoms with Crippen LogP contribution in [-0.2, 0) is 6.54 Å². The Bertz CT molecular complexity index is 541. The number of rotatable bonds is 4. The molecule has 1 aromatic carbocycles. The third-order valence-corrected chi connectivity index (χ3v) is 2.68. The molecule has 100 valence electrons. The summed E-state index contributed by atoms with van der Waals surface area (Å²) in [6.45, 7) is 0.714. The highest BCUT2D eigenvalue weighted by Crippen LogP contribution is 2.10. The number of methoxy groups -OCH3 is 1. The molecule has 0 unspecified atom stereocenters. The minimum absolute atomic E-state index is 0. The highest BCUT2D eigenvalue weighted by atomic mass is 35.5. The number of hydrogen-bond donors (Lipinski definition) is 1. The van der Waals surface area contributed by atoms with Crippen LogP contribution in [0.15, 0.2) is 53.8 Å². The number of pyridine rings is 1. The fourth-order valence-electron chi connectivity index (χ4n) is 1.74. The van der Waals surface area contributed by atoms with E-state index in [0.717, 1.165) is 17.0 Å². The standard InChI is InChI=1S/C14H14N2O2.ClH/c1-18-14-7-5-12(6-8-14)11-16-9-3-2-4-13(16)10-15-17;/h2-10H,11H2,1H3;1H. The largest absolute Gasteiger partial charge is 1.00 e. The summed E-state index contributed by atoms with van der Waals surface area (Å²) in [4.78, 5) is 0. The normalized spacial score (nSPS) is 10.2. The summed E-state index contributed by atoms with van der Waals surface area (Å²) < 4.78 is 7.12. The zero-order chi connectivity index (χ0) is 12.8. The smallest absolute Gasteiger partial charge is 0.227 e. The number of halogens is 1. The number of oxime groups is 1. The third kappa shape index (κ3) is 3.96. The van der Waals surface area contributed by atoms with Crippen LogP contribution in [-0.4, -0.2) is 18.5 Å². The summed E-state index contributed by atoms with van der Waals surface area (Å²) in [7, 11) is 1.65. The Balaban J connectivity index is 0.00000180. The lowest BCUT2D eigenvalue weighted by Crippen LogP contribution is -3.00. The Kier molecular flexibility index (Phi) is 5.82. The Labute approximate surface area is 118 Å². The second-order valence-corrected chi connectivity index (χ2v) is 3.85. The van der Waals surface area contributed by atoms with Crippen molar-refractivity contribution in [3.05, 3.63) is 59.9 Å². The molecule has 0 saturated heterocycles. The molecule has 0 fully saturated rings. The molecule has 0 bridgehead atoms. The van der Waals surface area contributed by atoms with Gasteiger partial charge in [-0.25, -0.2) is 0 Å². The zero-order valence-electron chi connectivity index (χ0n) is 10.5. The van der Waals surface area contributed by atoms with E-state index in [-0.39, 0.29) is 12.4 Å². The van der Waals surface area contributed by atoms with E-state index < -0.39 is 0 Å². The van der Waals surface area contributed by atoms with Crippen molar-refractivity contribution in [2.24, 2.45) is 5.16 Å². The van der Waals surface area contributed by atoms with Gasteiger partial charge >= 0.3 is 0 Å². The van der Waals surface area contributed by atoms with Gasteiger partial charge in [-0.15, -0.1) is 0 Å². The van der Waals surface area contributed by atoms with Crippen molar-refractivity contribution in [2.75, 3.05) is 7.11 Å². The van der Waals surface area contributed by atoms with E-state index in [0.29, 0.717) is 6.54 Å². The molecule has 0 aliphatic rings. The quantitative estimate of drug-likeness (QED) is 0.332. The summed E-state index contributed by atoms with van der Waals surface area (Å²) in [5.74, 6) is 0.842. The Morgan fingerprint density at radius 1 is 1.21 bits per heavy atom. The van der Waals surface area contributed by atoms with Crippen LogP contribution in [0.4, 0.5) is 0 Å². The minimum Gasteiger partial charge on any atom is -1.00 e. The van der Waals surface area contributed by atoms with Crippen molar-refractivity contribution in [2.45, 2.75) is 6.54 Å². The van der Waals surface area contributed by atoms with Gasteiger partial charge in [0, 0.05) is 17.7 Å². The first-order chi connectivity index (χ1) is 8.83. The molecule has 2 rings (SSSR count). The molecule has 0 aliphatic heterocycles. The number of nitrogens with zero attached hydrogens (tertiary/aromatic N) is 2. The predicted octanol–water partition coefficient (Wildman–Crippen LogP) is -1.16. The molecule has 0 amide bonds. The van der Waals surface area contributed by atoms with Crippen molar-refractivity contribution in [1.29, 1.82) is 0 Å². The average Bonchev–Trinajstić information content (AvgIpc) is 2.42. The van der Waals surface area contributed by atoms with Crippen molar-refractivity contribution in [3.8, 4) is 5.75 Å². The predicted molar refractivity (Wildman–Crippen MR) is 68.1 cm³/mol. The highest BCUT2D eigenvalue weighted by molar-refractivity contribution is 5.74. The number of ether oxygens (including phenoxy) is 1. The summed E-state index contributed by atoms with van der Waals surface area (Å²) in [6, 6.07) is 13.6. The molecule has 1 aromatic heterocycles. The maximum Gasteiger partial charge on any atom is 0.227 e. The van der Waals surface area contributed by atoms with Gasteiger partial charge in [-0.2, -0.15) is 4.57 Å². The molecule has 0 radical (unpaired) electrons. The van der Waals surface area contributed by atoms with Gasteiger partial charge in [-0.05, 0) is 30.3 Å². The van der Waals surface area contributed by atoms with E-state index in [9.17, 15) is 0 Å². The molecule has 19 heavy (non-hydrogen) atoms. The van der Waals surface area contributed by atoms with Crippen molar-refractivity contribution in [1.82, 2.24) is 0 Å². The van der Waals surface area contributed by atoms with Crippen molar-refractivity contribution >= 4 is 6.21 Å². The highest BCUT2D eigenvalue weighted by Gasteiger charge is 2.08. The van der Waals surface area contributed by atoms with Gasteiger partial charge in [-0.3, -0.25) is 0 Å². The van der Waals surface area contributed by atoms with E-state index >= 15 is 0 Å². The topological polar surface area (TPSA) is 45.7 Å². The van der Waals surface area contributed by atoms with Crippen LogP contribution < -0.4 is 21.7 Å². The van der Waals surface area contributed by atoms with Gasteiger partial charge in [0.15, 0.2) is 12.7 Å². The fourth-order valence-corrected chi connectivity index (χ4v) is 1.74.